The van der Waals surface area contributed by atoms with Crippen molar-refractivity contribution in [2.24, 2.45) is 0 Å². The molecule has 3 rings (SSSR count). The van der Waals surface area contributed by atoms with E-state index in [9.17, 15) is 22.8 Å². The second-order valence-electron chi connectivity index (χ2n) is 7.08. The van der Waals surface area contributed by atoms with E-state index in [2.05, 4.69) is 10.6 Å². The molecule has 1 atom stereocenters. The second kappa shape index (κ2) is 10.0. The van der Waals surface area contributed by atoms with E-state index in [4.69, 9.17) is 9.15 Å². The molecule has 0 aromatic carbocycles. The zero-order valence-corrected chi connectivity index (χ0v) is 19.3. The van der Waals surface area contributed by atoms with Crippen LogP contribution in [0.4, 0.5) is 4.79 Å². The number of furan rings is 1. The lowest BCUT2D eigenvalue weighted by Crippen LogP contribution is -2.47. The number of amides is 2. The van der Waals surface area contributed by atoms with E-state index in [0.717, 1.165) is 10.6 Å². The van der Waals surface area contributed by atoms with Crippen molar-refractivity contribution >= 4 is 22.0 Å². The van der Waals surface area contributed by atoms with Gasteiger partial charge in [-0.05, 0) is 25.1 Å². The van der Waals surface area contributed by atoms with Crippen LogP contribution in [0.1, 0.15) is 32.6 Å². The predicted octanol–water partition coefficient (Wildman–Crippen LogP) is 1.34. The molecule has 2 amide bonds. The minimum absolute atomic E-state index is 0.0512. The number of carbonyl (C=O) groups is 2. The zero-order valence-electron chi connectivity index (χ0n) is 18.5. The number of rotatable bonds is 9. The monoisotopic (exact) mass is 478 g/mol. The van der Waals surface area contributed by atoms with Gasteiger partial charge in [0.2, 0.25) is 10.0 Å². The molecule has 0 radical (unpaired) electrons. The lowest BCUT2D eigenvalue weighted by atomic mass is 10.00. The van der Waals surface area contributed by atoms with Gasteiger partial charge in [0, 0.05) is 25.4 Å². The quantitative estimate of drug-likeness (QED) is 0.518. The Labute approximate surface area is 191 Å². The van der Waals surface area contributed by atoms with E-state index in [1.165, 1.54) is 22.8 Å². The Balaban J connectivity index is 2.10. The zero-order chi connectivity index (χ0) is 24.2. The third-order valence-corrected chi connectivity index (χ3v) is 7.14. The molecule has 0 unspecified atom stereocenters. The fourth-order valence-electron chi connectivity index (χ4n) is 3.53. The molecule has 0 saturated carbocycles. The molecule has 12 heteroatoms. The van der Waals surface area contributed by atoms with Crippen LogP contribution in [-0.4, -0.2) is 49.0 Å². The summed E-state index contributed by atoms with van der Waals surface area (Å²) in [6.07, 6.45) is 2.60. The van der Waals surface area contributed by atoms with E-state index < -0.39 is 33.6 Å². The standard InChI is InChI=1S/C21H26N4O7S/c1-4-25(5-2)33(29,30)14-9-10-17(26)24(12-14)13-15-18(20(27)31-6-3)19(23-21(28)22-15)16-8-7-11-32-16/h7-12,19H,4-6,13H2,1-3H3,(H2,22,23,28)/t19-/m0/s1. The number of esters is 1. The normalized spacial score (nSPS) is 16.5. The Bertz CT molecular complexity index is 1210. The van der Waals surface area contributed by atoms with E-state index in [1.807, 2.05) is 0 Å². The van der Waals surface area contributed by atoms with Crippen LogP contribution in [0.15, 0.2) is 62.1 Å². The highest BCUT2D eigenvalue weighted by atomic mass is 32.2. The van der Waals surface area contributed by atoms with Crippen molar-refractivity contribution < 1.29 is 27.2 Å². The number of sulfonamides is 1. The number of pyridine rings is 1. The van der Waals surface area contributed by atoms with Crippen molar-refractivity contribution in [3.05, 3.63) is 64.1 Å². The van der Waals surface area contributed by atoms with E-state index in [0.29, 0.717) is 5.76 Å². The number of urea groups is 1. The van der Waals surface area contributed by atoms with Gasteiger partial charge >= 0.3 is 12.0 Å². The van der Waals surface area contributed by atoms with Gasteiger partial charge in [-0.3, -0.25) is 4.79 Å². The van der Waals surface area contributed by atoms with Crippen LogP contribution >= 0.6 is 0 Å². The maximum Gasteiger partial charge on any atom is 0.338 e. The van der Waals surface area contributed by atoms with Crippen LogP contribution in [0.5, 0.6) is 0 Å². The first kappa shape index (κ1) is 24.3. The summed E-state index contributed by atoms with van der Waals surface area (Å²) in [5.74, 6) is -0.406. The van der Waals surface area contributed by atoms with Crippen LogP contribution in [0, 0.1) is 0 Å². The maximum atomic E-state index is 12.9. The van der Waals surface area contributed by atoms with Gasteiger partial charge in [0.25, 0.3) is 5.56 Å². The largest absolute Gasteiger partial charge is 0.467 e. The minimum Gasteiger partial charge on any atom is -0.467 e. The molecule has 2 aromatic heterocycles. The van der Waals surface area contributed by atoms with Crippen molar-refractivity contribution in [3.63, 3.8) is 0 Å². The summed E-state index contributed by atoms with van der Waals surface area (Å²) in [5.41, 5.74) is -0.361. The Morgan fingerprint density at radius 3 is 2.52 bits per heavy atom. The van der Waals surface area contributed by atoms with Gasteiger partial charge in [0.1, 0.15) is 11.8 Å². The number of ether oxygens (including phenoxy) is 1. The molecule has 1 aliphatic heterocycles. The van der Waals surface area contributed by atoms with Gasteiger partial charge in [0.05, 0.1) is 35.6 Å². The van der Waals surface area contributed by atoms with Crippen LogP contribution in [0.3, 0.4) is 0 Å². The fraction of sp³-hybridized carbons (Fsp3) is 0.381. The average molecular weight is 479 g/mol. The topological polar surface area (TPSA) is 140 Å². The number of nitrogens with zero attached hydrogens (tertiary/aromatic N) is 2. The summed E-state index contributed by atoms with van der Waals surface area (Å²) < 4.78 is 38.7. The molecule has 2 N–H and O–H groups in total. The number of carbonyl (C=O) groups excluding carboxylic acids is 2. The molecular weight excluding hydrogens is 452 g/mol. The van der Waals surface area contributed by atoms with Gasteiger partial charge in [0.15, 0.2) is 0 Å². The van der Waals surface area contributed by atoms with Gasteiger partial charge in [-0.15, -0.1) is 0 Å². The maximum absolute atomic E-state index is 12.9. The summed E-state index contributed by atoms with van der Waals surface area (Å²) in [4.78, 5) is 37.6. The van der Waals surface area contributed by atoms with Crippen LogP contribution < -0.4 is 16.2 Å². The summed E-state index contributed by atoms with van der Waals surface area (Å²) in [6, 6.07) is 4.02. The fourth-order valence-corrected chi connectivity index (χ4v) is 5.01. The molecule has 2 aromatic rings. The molecule has 0 aliphatic carbocycles. The number of hydrogen-bond donors (Lipinski definition) is 2. The molecule has 178 valence electrons. The first-order valence-corrected chi connectivity index (χ1v) is 11.9. The molecular formula is C21H26N4O7S. The molecule has 0 spiro atoms. The molecule has 11 nitrogen and oxygen atoms in total. The number of aromatic nitrogens is 1. The highest BCUT2D eigenvalue weighted by molar-refractivity contribution is 7.89. The van der Waals surface area contributed by atoms with E-state index in [-0.39, 0.29) is 42.4 Å². The third kappa shape index (κ3) is 5.01. The molecule has 0 saturated heterocycles. The summed E-state index contributed by atoms with van der Waals surface area (Å²) in [7, 11) is -3.83. The lowest BCUT2D eigenvalue weighted by molar-refractivity contribution is -0.139. The summed E-state index contributed by atoms with van der Waals surface area (Å²) >= 11 is 0. The molecule has 3 heterocycles. The van der Waals surface area contributed by atoms with E-state index >= 15 is 0 Å². The first-order chi connectivity index (χ1) is 15.7. The SMILES string of the molecule is CCOC(=O)C1=C(Cn2cc(S(=O)(=O)N(CC)CC)ccc2=O)NC(=O)N[C@H]1c1ccco1. The third-order valence-electron chi connectivity index (χ3n) is 5.10. The van der Waals surface area contributed by atoms with Crippen molar-refractivity contribution in [3.8, 4) is 0 Å². The minimum atomic E-state index is -3.83. The lowest BCUT2D eigenvalue weighted by Gasteiger charge is -2.28. The van der Waals surface area contributed by atoms with Crippen molar-refractivity contribution in [1.29, 1.82) is 0 Å². The number of hydrogen-bond acceptors (Lipinski definition) is 7. The van der Waals surface area contributed by atoms with E-state index in [1.54, 1.807) is 32.9 Å². The first-order valence-electron chi connectivity index (χ1n) is 10.4. The average Bonchev–Trinajstić information content (AvgIpc) is 3.30. The number of nitrogens with one attached hydrogen (secondary N) is 2. The van der Waals surface area contributed by atoms with Crippen molar-refractivity contribution in [1.82, 2.24) is 19.5 Å². The second-order valence-corrected chi connectivity index (χ2v) is 9.02. The van der Waals surface area contributed by atoms with Crippen LogP contribution in [0.25, 0.3) is 0 Å². The van der Waals surface area contributed by atoms with Gasteiger partial charge in [-0.25, -0.2) is 18.0 Å². The van der Waals surface area contributed by atoms with Gasteiger partial charge in [-0.1, -0.05) is 13.8 Å². The highest BCUT2D eigenvalue weighted by Gasteiger charge is 2.35. The Hall–Kier alpha value is -3.38. The number of allylic oxidation sites excluding steroid dienone is 1. The smallest absolute Gasteiger partial charge is 0.338 e. The molecule has 1 aliphatic rings. The highest BCUT2D eigenvalue weighted by Crippen LogP contribution is 2.28. The Morgan fingerprint density at radius 2 is 1.91 bits per heavy atom. The summed E-state index contributed by atoms with van der Waals surface area (Å²) in [6.45, 7) is 5.43. The Kier molecular flexibility index (Phi) is 7.39. The predicted molar refractivity (Wildman–Crippen MR) is 118 cm³/mol. The van der Waals surface area contributed by atoms with Gasteiger partial charge in [-0.2, -0.15) is 4.31 Å². The van der Waals surface area contributed by atoms with Crippen LogP contribution in [-0.2, 0) is 26.1 Å². The molecule has 33 heavy (non-hydrogen) atoms. The van der Waals surface area contributed by atoms with Crippen molar-refractivity contribution in [2.75, 3.05) is 19.7 Å². The van der Waals surface area contributed by atoms with Crippen molar-refractivity contribution in [2.45, 2.75) is 38.3 Å². The Morgan fingerprint density at radius 1 is 1.18 bits per heavy atom. The van der Waals surface area contributed by atoms with Crippen LogP contribution in [0.2, 0.25) is 0 Å². The summed E-state index contributed by atoms with van der Waals surface area (Å²) in [5, 5.41) is 5.16. The van der Waals surface area contributed by atoms with Gasteiger partial charge < -0.3 is 24.4 Å². The molecule has 0 bridgehead atoms. The molecule has 0 fully saturated rings.